The number of halogens is 1. The molecule has 0 atom stereocenters. The number of nitrogens with zero attached hydrogens (tertiary/aromatic N) is 2. The van der Waals surface area contributed by atoms with Gasteiger partial charge in [-0.05, 0) is 32.4 Å². The van der Waals surface area contributed by atoms with E-state index in [0.717, 1.165) is 10.6 Å². The SMILES string of the molecule is Cn1nc(-c2ccc(Cl)s2)cc1NC(=O)NC(C)(C)CCC(=O)O. The molecule has 9 heteroatoms. The van der Waals surface area contributed by atoms with E-state index in [1.54, 1.807) is 37.7 Å². The Morgan fingerprint density at radius 2 is 2.12 bits per heavy atom. The van der Waals surface area contributed by atoms with Crippen molar-refractivity contribution in [3.63, 3.8) is 0 Å². The van der Waals surface area contributed by atoms with E-state index in [0.29, 0.717) is 16.6 Å². The summed E-state index contributed by atoms with van der Waals surface area (Å²) in [5.74, 6) is -0.364. The van der Waals surface area contributed by atoms with Crippen molar-refractivity contribution in [2.45, 2.75) is 32.2 Å². The summed E-state index contributed by atoms with van der Waals surface area (Å²) in [5, 5.41) is 18.6. The molecule has 2 heterocycles. The molecule has 130 valence electrons. The van der Waals surface area contributed by atoms with Crippen molar-refractivity contribution in [3.8, 4) is 10.6 Å². The number of nitrogens with one attached hydrogen (secondary N) is 2. The van der Waals surface area contributed by atoms with E-state index in [-0.39, 0.29) is 6.42 Å². The van der Waals surface area contributed by atoms with Gasteiger partial charge in [0.1, 0.15) is 11.5 Å². The van der Waals surface area contributed by atoms with Crippen molar-refractivity contribution < 1.29 is 14.7 Å². The Hall–Kier alpha value is -2.06. The van der Waals surface area contributed by atoms with Crippen LogP contribution < -0.4 is 10.6 Å². The second kappa shape index (κ2) is 7.23. The first-order chi connectivity index (χ1) is 11.2. The van der Waals surface area contributed by atoms with Crippen LogP contribution in [0.3, 0.4) is 0 Å². The van der Waals surface area contributed by atoms with Gasteiger partial charge in [-0.15, -0.1) is 11.3 Å². The molecule has 0 saturated heterocycles. The second-order valence-electron chi connectivity index (χ2n) is 6.00. The van der Waals surface area contributed by atoms with Crippen molar-refractivity contribution in [3.05, 3.63) is 22.5 Å². The van der Waals surface area contributed by atoms with Crippen LogP contribution in [0.25, 0.3) is 10.6 Å². The van der Waals surface area contributed by atoms with Crippen molar-refractivity contribution in [2.24, 2.45) is 7.05 Å². The Labute approximate surface area is 148 Å². The molecule has 7 nitrogen and oxygen atoms in total. The predicted molar refractivity (Wildman–Crippen MR) is 94.6 cm³/mol. The molecule has 0 aliphatic rings. The molecule has 0 aliphatic heterocycles. The van der Waals surface area contributed by atoms with Crippen molar-refractivity contribution >= 4 is 40.8 Å². The van der Waals surface area contributed by atoms with Crippen LogP contribution >= 0.6 is 22.9 Å². The van der Waals surface area contributed by atoms with Crippen LogP contribution in [-0.4, -0.2) is 32.4 Å². The number of thiophene rings is 1. The lowest BCUT2D eigenvalue weighted by Gasteiger charge is -2.25. The van der Waals surface area contributed by atoms with E-state index in [2.05, 4.69) is 15.7 Å². The van der Waals surface area contributed by atoms with Crippen LogP contribution in [0, 0.1) is 0 Å². The number of aryl methyl sites for hydroxylation is 1. The minimum Gasteiger partial charge on any atom is -0.481 e. The Morgan fingerprint density at radius 1 is 1.42 bits per heavy atom. The van der Waals surface area contributed by atoms with Gasteiger partial charge in [0, 0.05) is 25.1 Å². The highest BCUT2D eigenvalue weighted by Gasteiger charge is 2.22. The number of hydrogen-bond acceptors (Lipinski definition) is 4. The summed E-state index contributed by atoms with van der Waals surface area (Å²) >= 11 is 7.33. The molecule has 0 fully saturated rings. The number of carboxylic acid groups (broad SMARTS) is 1. The fourth-order valence-corrected chi connectivity index (χ4v) is 3.09. The zero-order chi connectivity index (χ0) is 17.9. The number of aliphatic carboxylic acids is 1. The lowest BCUT2D eigenvalue weighted by Crippen LogP contribution is -2.46. The summed E-state index contributed by atoms with van der Waals surface area (Å²) in [6.45, 7) is 3.55. The maximum absolute atomic E-state index is 12.1. The lowest BCUT2D eigenvalue weighted by molar-refractivity contribution is -0.137. The molecular weight excluding hydrogens is 352 g/mol. The lowest BCUT2D eigenvalue weighted by atomic mass is 9.99. The standard InChI is InChI=1S/C15H19ClN4O3S/c1-15(2,7-6-13(21)22)18-14(23)17-12-8-9(19-20(12)3)10-4-5-11(16)24-10/h4-5,8H,6-7H2,1-3H3,(H,21,22)(H2,17,18,23). The van der Waals surface area contributed by atoms with E-state index >= 15 is 0 Å². The van der Waals surface area contributed by atoms with Gasteiger partial charge in [0.2, 0.25) is 0 Å². The van der Waals surface area contributed by atoms with Crippen molar-refractivity contribution in [1.29, 1.82) is 0 Å². The van der Waals surface area contributed by atoms with Crippen LogP contribution in [0.5, 0.6) is 0 Å². The van der Waals surface area contributed by atoms with Crippen LogP contribution in [0.15, 0.2) is 18.2 Å². The monoisotopic (exact) mass is 370 g/mol. The van der Waals surface area contributed by atoms with Gasteiger partial charge in [-0.25, -0.2) is 4.79 Å². The Balaban J connectivity index is 2.01. The Morgan fingerprint density at radius 3 is 2.71 bits per heavy atom. The van der Waals surface area contributed by atoms with Gasteiger partial charge in [0.15, 0.2) is 0 Å². The highest BCUT2D eigenvalue weighted by Crippen LogP contribution is 2.31. The first-order valence-electron chi connectivity index (χ1n) is 7.27. The quantitative estimate of drug-likeness (QED) is 0.724. The number of carbonyl (C=O) groups excluding carboxylic acids is 1. The average Bonchev–Trinajstić information content (AvgIpc) is 3.03. The molecular formula is C15H19ClN4O3S. The van der Waals surface area contributed by atoms with Gasteiger partial charge in [0.25, 0.3) is 0 Å². The number of hydrogen-bond donors (Lipinski definition) is 3. The smallest absolute Gasteiger partial charge is 0.320 e. The largest absolute Gasteiger partial charge is 0.481 e. The van der Waals surface area contributed by atoms with Gasteiger partial charge >= 0.3 is 12.0 Å². The third-order valence-electron chi connectivity index (χ3n) is 3.36. The Kier molecular flexibility index (Phi) is 5.51. The maximum atomic E-state index is 12.1. The molecule has 0 aliphatic carbocycles. The summed E-state index contributed by atoms with van der Waals surface area (Å²) < 4.78 is 2.23. The van der Waals surface area contributed by atoms with Crippen LogP contribution in [0.1, 0.15) is 26.7 Å². The van der Waals surface area contributed by atoms with E-state index in [9.17, 15) is 9.59 Å². The number of urea groups is 1. The normalized spacial score (nSPS) is 11.3. The predicted octanol–water partition coefficient (Wildman–Crippen LogP) is 3.57. The number of amides is 2. The summed E-state index contributed by atoms with van der Waals surface area (Å²) in [5.41, 5.74) is 0.0837. The van der Waals surface area contributed by atoms with Crippen LogP contribution in [-0.2, 0) is 11.8 Å². The van der Waals surface area contributed by atoms with E-state index in [4.69, 9.17) is 16.7 Å². The van der Waals surface area contributed by atoms with Gasteiger partial charge in [-0.2, -0.15) is 5.10 Å². The number of carboxylic acids is 1. The van der Waals surface area contributed by atoms with Gasteiger partial charge in [-0.3, -0.25) is 14.8 Å². The molecule has 2 aromatic rings. The topological polar surface area (TPSA) is 96.3 Å². The van der Waals surface area contributed by atoms with E-state index in [1.807, 2.05) is 6.07 Å². The van der Waals surface area contributed by atoms with Crippen LogP contribution in [0.2, 0.25) is 4.34 Å². The number of carbonyl (C=O) groups is 2. The molecule has 0 unspecified atom stereocenters. The van der Waals surface area contributed by atoms with E-state index in [1.165, 1.54) is 11.3 Å². The molecule has 2 amide bonds. The molecule has 3 N–H and O–H groups in total. The van der Waals surface area contributed by atoms with Gasteiger partial charge < -0.3 is 10.4 Å². The minimum atomic E-state index is -0.892. The zero-order valence-electron chi connectivity index (χ0n) is 13.6. The van der Waals surface area contributed by atoms with Gasteiger partial charge in [-0.1, -0.05) is 11.6 Å². The van der Waals surface area contributed by atoms with Gasteiger partial charge in [0.05, 0.1) is 9.21 Å². The molecule has 24 heavy (non-hydrogen) atoms. The highest BCUT2D eigenvalue weighted by atomic mass is 35.5. The van der Waals surface area contributed by atoms with Crippen molar-refractivity contribution in [1.82, 2.24) is 15.1 Å². The number of rotatable bonds is 6. The number of aromatic nitrogens is 2. The fraction of sp³-hybridized carbons (Fsp3) is 0.400. The second-order valence-corrected chi connectivity index (χ2v) is 7.71. The third-order valence-corrected chi connectivity index (χ3v) is 4.62. The summed E-state index contributed by atoms with van der Waals surface area (Å²) in [6.07, 6.45) is 0.322. The molecule has 0 aromatic carbocycles. The molecule has 0 saturated carbocycles. The average molecular weight is 371 g/mol. The summed E-state index contributed by atoms with van der Waals surface area (Å²) in [4.78, 5) is 23.7. The van der Waals surface area contributed by atoms with Crippen molar-refractivity contribution in [2.75, 3.05) is 5.32 Å². The molecule has 2 aromatic heterocycles. The fourth-order valence-electron chi connectivity index (χ4n) is 2.09. The maximum Gasteiger partial charge on any atom is 0.320 e. The minimum absolute atomic E-state index is 0.0116. The first kappa shape index (κ1) is 18.3. The first-order valence-corrected chi connectivity index (χ1v) is 8.46. The summed E-state index contributed by atoms with van der Waals surface area (Å²) in [6, 6.07) is 5.01. The highest BCUT2D eigenvalue weighted by molar-refractivity contribution is 7.19. The molecule has 0 radical (unpaired) electrons. The molecule has 0 spiro atoms. The summed E-state index contributed by atoms with van der Waals surface area (Å²) in [7, 11) is 1.73. The third kappa shape index (κ3) is 4.97. The molecule has 0 bridgehead atoms. The Bertz CT molecular complexity index is 754. The zero-order valence-corrected chi connectivity index (χ0v) is 15.2. The van der Waals surface area contributed by atoms with E-state index < -0.39 is 17.5 Å². The molecule has 2 rings (SSSR count). The van der Waals surface area contributed by atoms with Crippen LogP contribution in [0.4, 0.5) is 10.6 Å². The number of anilines is 1.